The molecule has 0 spiro atoms. The number of hydrogen-bond acceptors (Lipinski definition) is 5. The third kappa shape index (κ3) is 5.35. The molecule has 150 valence electrons. The van der Waals surface area contributed by atoms with Crippen LogP contribution in [0.4, 0.5) is 0 Å². The number of hydrogen-bond donors (Lipinski definition) is 0. The highest BCUT2D eigenvalue weighted by Gasteiger charge is 2.15. The molecule has 0 aliphatic rings. The van der Waals surface area contributed by atoms with Crippen molar-refractivity contribution in [3.8, 4) is 5.75 Å². The fraction of sp³-hybridized carbons (Fsp3) is 0.261. The first-order chi connectivity index (χ1) is 14.0. The normalized spacial score (nSPS) is 10.7. The summed E-state index contributed by atoms with van der Waals surface area (Å²) in [5.41, 5.74) is 4.15. The first kappa shape index (κ1) is 20.9. The Labute approximate surface area is 175 Å². The highest BCUT2D eigenvalue weighted by atomic mass is 32.2. The largest absolute Gasteiger partial charge is 0.486 e. The molecular formula is C23H25N3O2S. The average molecular weight is 408 g/mol. The SMILES string of the molecule is C=CCn1c(COc2cccc(C)c2)nnc1SCC(=O)c1ccc(C)c(C)c1. The standard InChI is InChI=1S/C23H25N3O2S/c1-5-11-26-22(14-28-20-8-6-7-16(2)12-20)24-25-23(26)29-15-21(27)19-10-9-17(3)18(4)13-19/h5-10,12-13H,1,11,14-15H2,2-4H3. The molecule has 0 amide bonds. The van der Waals surface area contributed by atoms with Crippen LogP contribution < -0.4 is 4.74 Å². The number of carbonyl (C=O) groups is 1. The van der Waals surface area contributed by atoms with Gasteiger partial charge in [-0.15, -0.1) is 16.8 Å². The molecule has 1 aromatic heterocycles. The molecule has 1 heterocycles. The van der Waals surface area contributed by atoms with Crippen molar-refractivity contribution in [1.29, 1.82) is 0 Å². The zero-order valence-corrected chi connectivity index (χ0v) is 17.8. The van der Waals surface area contributed by atoms with Gasteiger partial charge in [0.1, 0.15) is 12.4 Å². The number of carbonyl (C=O) groups excluding carboxylic acids is 1. The smallest absolute Gasteiger partial charge is 0.192 e. The number of thioether (sulfide) groups is 1. The van der Waals surface area contributed by atoms with E-state index in [0.29, 0.717) is 29.9 Å². The highest BCUT2D eigenvalue weighted by Crippen LogP contribution is 2.21. The van der Waals surface area contributed by atoms with Crippen molar-refractivity contribution in [3.63, 3.8) is 0 Å². The molecule has 0 radical (unpaired) electrons. The minimum atomic E-state index is 0.0730. The van der Waals surface area contributed by atoms with Gasteiger partial charge in [-0.25, -0.2) is 0 Å². The number of rotatable bonds is 9. The molecule has 0 saturated carbocycles. The maximum atomic E-state index is 12.6. The second-order valence-electron chi connectivity index (χ2n) is 6.91. The van der Waals surface area contributed by atoms with Crippen LogP contribution in [0.5, 0.6) is 5.75 Å². The second kappa shape index (κ2) is 9.56. The number of aryl methyl sites for hydroxylation is 3. The van der Waals surface area contributed by atoms with Crippen LogP contribution in [0.15, 0.2) is 60.3 Å². The molecule has 3 aromatic rings. The lowest BCUT2D eigenvalue weighted by Crippen LogP contribution is -2.09. The van der Waals surface area contributed by atoms with Gasteiger partial charge in [-0.05, 0) is 55.7 Å². The lowest BCUT2D eigenvalue weighted by atomic mass is 10.0. The molecule has 0 unspecified atom stereocenters. The maximum Gasteiger partial charge on any atom is 0.192 e. The minimum absolute atomic E-state index is 0.0730. The van der Waals surface area contributed by atoms with Crippen LogP contribution >= 0.6 is 11.8 Å². The van der Waals surface area contributed by atoms with E-state index in [4.69, 9.17) is 4.74 Å². The van der Waals surface area contributed by atoms with Crippen LogP contribution in [0.1, 0.15) is 32.9 Å². The van der Waals surface area contributed by atoms with Crippen LogP contribution in [0, 0.1) is 20.8 Å². The maximum absolute atomic E-state index is 12.6. The number of aromatic nitrogens is 3. The fourth-order valence-electron chi connectivity index (χ4n) is 2.83. The minimum Gasteiger partial charge on any atom is -0.486 e. The Bertz CT molecular complexity index is 1030. The number of allylic oxidation sites excluding steroid dienone is 1. The molecule has 0 N–H and O–H groups in total. The van der Waals surface area contributed by atoms with Crippen molar-refractivity contribution in [2.45, 2.75) is 39.1 Å². The summed E-state index contributed by atoms with van der Waals surface area (Å²) >= 11 is 1.38. The summed E-state index contributed by atoms with van der Waals surface area (Å²) in [6, 6.07) is 13.7. The summed E-state index contributed by atoms with van der Waals surface area (Å²) in [4.78, 5) is 12.6. The van der Waals surface area contributed by atoms with Gasteiger partial charge in [0, 0.05) is 12.1 Å². The van der Waals surface area contributed by atoms with Crippen LogP contribution in [0.3, 0.4) is 0 Å². The van der Waals surface area contributed by atoms with Crippen LogP contribution in [0.25, 0.3) is 0 Å². The Balaban J connectivity index is 1.68. The van der Waals surface area contributed by atoms with E-state index in [1.54, 1.807) is 6.08 Å². The van der Waals surface area contributed by atoms with E-state index in [1.165, 1.54) is 17.3 Å². The first-order valence-electron chi connectivity index (χ1n) is 9.43. The molecule has 2 aromatic carbocycles. The topological polar surface area (TPSA) is 57.0 Å². The molecule has 0 atom stereocenters. The van der Waals surface area contributed by atoms with Crippen molar-refractivity contribution in [3.05, 3.63) is 83.2 Å². The number of ether oxygens (including phenoxy) is 1. The fourth-order valence-corrected chi connectivity index (χ4v) is 3.69. The third-order valence-electron chi connectivity index (χ3n) is 4.62. The summed E-state index contributed by atoms with van der Waals surface area (Å²) in [6.45, 7) is 10.7. The summed E-state index contributed by atoms with van der Waals surface area (Å²) in [5, 5.41) is 9.20. The Morgan fingerprint density at radius 3 is 2.69 bits per heavy atom. The van der Waals surface area contributed by atoms with Crippen molar-refractivity contribution >= 4 is 17.5 Å². The van der Waals surface area contributed by atoms with Crippen LogP contribution in [-0.4, -0.2) is 26.3 Å². The zero-order valence-electron chi connectivity index (χ0n) is 17.0. The molecule has 0 aliphatic carbocycles. The molecular weight excluding hydrogens is 382 g/mol. The average Bonchev–Trinajstić information content (AvgIpc) is 3.08. The van der Waals surface area contributed by atoms with Gasteiger partial charge >= 0.3 is 0 Å². The second-order valence-corrected chi connectivity index (χ2v) is 7.86. The van der Waals surface area contributed by atoms with E-state index in [2.05, 4.69) is 16.8 Å². The molecule has 6 heteroatoms. The van der Waals surface area contributed by atoms with Crippen molar-refractivity contribution in [2.75, 3.05) is 5.75 Å². The van der Waals surface area contributed by atoms with Gasteiger partial charge in [-0.1, -0.05) is 42.1 Å². The molecule has 0 aliphatic heterocycles. The molecule has 0 bridgehead atoms. The first-order valence-corrected chi connectivity index (χ1v) is 10.4. The lowest BCUT2D eigenvalue weighted by molar-refractivity contribution is 0.102. The van der Waals surface area contributed by atoms with E-state index in [9.17, 15) is 4.79 Å². The highest BCUT2D eigenvalue weighted by molar-refractivity contribution is 7.99. The zero-order chi connectivity index (χ0) is 20.8. The third-order valence-corrected chi connectivity index (χ3v) is 5.59. The molecule has 0 fully saturated rings. The molecule has 5 nitrogen and oxygen atoms in total. The van der Waals surface area contributed by atoms with Gasteiger partial charge in [0.05, 0.1) is 5.75 Å². The van der Waals surface area contributed by atoms with Gasteiger partial charge in [0.25, 0.3) is 0 Å². The van der Waals surface area contributed by atoms with E-state index >= 15 is 0 Å². The predicted octanol–water partition coefficient (Wildman–Crippen LogP) is 4.94. The number of nitrogens with zero attached hydrogens (tertiary/aromatic N) is 3. The predicted molar refractivity (Wildman–Crippen MR) is 117 cm³/mol. The van der Waals surface area contributed by atoms with Crippen molar-refractivity contribution in [1.82, 2.24) is 14.8 Å². The molecule has 0 saturated heterocycles. The lowest BCUT2D eigenvalue weighted by Gasteiger charge is -2.09. The van der Waals surface area contributed by atoms with E-state index in [1.807, 2.05) is 67.8 Å². The van der Waals surface area contributed by atoms with E-state index in [0.717, 1.165) is 22.4 Å². The van der Waals surface area contributed by atoms with Gasteiger partial charge in [0.2, 0.25) is 0 Å². The monoisotopic (exact) mass is 407 g/mol. The molecule has 29 heavy (non-hydrogen) atoms. The quantitative estimate of drug-likeness (QED) is 0.286. The number of benzene rings is 2. The van der Waals surface area contributed by atoms with Gasteiger partial charge in [-0.3, -0.25) is 9.36 Å². The number of ketones is 1. The Morgan fingerprint density at radius 2 is 1.97 bits per heavy atom. The van der Waals surface area contributed by atoms with E-state index < -0.39 is 0 Å². The van der Waals surface area contributed by atoms with E-state index in [-0.39, 0.29) is 5.78 Å². The van der Waals surface area contributed by atoms with Gasteiger partial charge in [-0.2, -0.15) is 0 Å². The summed E-state index contributed by atoms with van der Waals surface area (Å²) in [6.07, 6.45) is 1.79. The van der Waals surface area contributed by atoms with Crippen molar-refractivity contribution in [2.24, 2.45) is 0 Å². The summed E-state index contributed by atoms with van der Waals surface area (Å²) in [7, 11) is 0. The van der Waals surface area contributed by atoms with Crippen LogP contribution in [-0.2, 0) is 13.2 Å². The summed E-state index contributed by atoms with van der Waals surface area (Å²) < 4.78 is 7.79. The Kier molecular flexibility index (Phi) is 6.88. The Hall–Kier alpha value is -2.86. The van der Waals surface area contributed by atoms with Gasteiger partial charge in [0.15, 0.2) is 16.8 Å². The van der Waals surface area contributed by atoms with Crippen LogP contribution in [0.2, 0.25) is 0 Å². The van der Waals surface area contributed by atoms with Gasteiger partial charge < -0.3 is 4.74 Å². The number of Topliss-reactive ketones (excluding diaryl/α,β-unsaturated/α-hetero) is 1. The molecule has 3 rings (SSSR count). The summed E-state index contributed by atoms with van der Waals surface area (Å²) in [5.74, 6) is 1.87. The van der Waals surface area contributed by atoms with Crippen molar-refractivity contribution < 1.29 is 9.53 Å². The Morgan fingerprint density at radius 1 is 1.14 bits per heavy atom.